The fourth-order valence-corrected chi connectivity index (χ4v) is 3.79. The van der Waals surface area contributed by atoms with Gasteiger partial charge in [0.25, 0.3) is 0 Å². The van der Waals surface area contributed by atoms with E-state index in [4.69, 9.17) is 9.15 Å². The minimum absolute atomic E-state index is 0.128. The Bertz CT molecular complexity index is 1130. The smallest absolute Gasteiger partial charge is 0.234 e. The van der Waals surface area contributed by atoms with Gasteiger partial charge in [0.1, 0.15) is 5.75 Å². The van der Waals surface area contributed by atoms with Crippen molar-refractivity contribution in [2.45, 2.75) is 24.9 Å². The Morgan fingerprint density at radius 3 is 2.59 bits per heavy atom. The summed E-state index contributed by atoms with van der Waals surface area (Å²) in [5.74, 6) is 2.06. The highest BCUT2D eigenvalue weighted by Crippen LogP contribution is 2.28. The summed E-state index contributed by atoms with van der Waals surface area (Å²) in [6, 6.07) is 20.8. The first kappa shape index (κ1) is 21.7. The van der Waals surface area contributed by atoms with Crippen LogP contribution in [-0.2, 0) is 4.79 Å². The molecule has 0 saturated carbocycles. The van der Waals surface area contributed by atoms with Crippen LogP contribution < -0.4 is 10.1 Å². The number of unbranched alkanes of at least 4 members (excludes halogenated alkanes) is 1. The van der Waals surface area contributed by atoms with Crippen LogP contribution in [0.1, 0.15) is 19.8 Å². The van der Waals surface area contributed by atoms with Crippen LogP contribution in [0.3, 0.4) is 0 Å². The molecule has 0 aliphatic rings. The standard InChI is InChI=1S/C24H24N4O3S/c1-2-3-15-30-20-13-11-18(12-14-20)25-22(29)17-32-24-27-26-23(21-10-7-16-31-21)28(24)19-8-5-4-6-9-19/h4-14,16H,2-3,15,17H2,1H3,(H,25,29). The van der Waals surface area contributed by atoms with Crippen molar-refractivity contribution in [1.29, 1.82) is 0 Å². The molecule has 1 amide bonds. The second-order valence-electron chi connectivity index (χ2n) is 7.02. The molecule has 0 unspecified atom stereocenters. The van der Waals surface area contributed by atoms with Gasteiger partial charge in [0.05, 0.1) is 18.6 Å². The lowest BCUT2D eigenvalue weighted by Gasteiger charge is -2.10. The van der Waals surface area contributed by atoms with Crippen molar-refractivity contribution >= 4 is 23.4 Å². The van der Waals surface area contributed by atoms with Crippen molar-refractivity contribution in [2.24, 2.45) is 0 Å². The first-order valence-electron chi connectivity index (χ1n) is 10.4. The fraction of sp³-hybridized carbons (Fsp3) is 0.208. The molecule has 0 atom stereocenters. The molecule has 0 radical (unpaired) electrons. The number of amides is 1. The van der Waals surface area contributed by atoms with Crippen molar-refractivity contribution in [3.8, 4) is 23.0 Å². The van der Waals surface area contributed by atoms with Gasteiger partial charge in [-0.25, -0.2) is 0 Å². The molecule has 0 spiro atoms. The highest BCUT2D eigenvalue weighted by molar-refractivity contribution is 7.99. The highest BCUT2D eigenvalue weighted by atomic mass is 32.2. The molecule has 164 valence electrons. The van der Waals surface area contributed by atoms with Gasteiger partial charge in [-0.1, -0.05) is 43.3 Å². The van der Waals surface area contributed by atoms with E-state index in [9.17, 15) is 4.79 Å². The number of thioether (sulfide) groups is 1. The maximum atomic E-state index is 12.5. The van der Waals surface area contributed by atoms with E-state index in [0.717, 1.165) is 30.0 Å². The number of rotatable bonds is 10. The van der Waals surface area contributed by atoms with Crippen LogP contribution in [0, 0.1) is 0 Å². The lowest BCUT2D eigenvalue weighted by atomic mass is 10.3. The van der Waals surface area contributed by atoms with Gasteiger partial charge in [0.2, 0.25) is 11.7 Å². The number of benzene rings is 2. The maximum Gasteiger partial charge on any atom is 0.234 e. The van der Waals surface area contributed by atoms with E-state index in [2.05, 4.69) is 22.4 Å². The van der Waals surface area contributed by atoms with Gasteiger partial charge < -0.3 is 14.5 Å². The topological polar surface area (TPSA) is 82.2 Å². The van der Waals surface area contributed by atoms with E-state index < -0.39 is 0 Å². The van der Waals surface area contributed by atoms with Crippen LogP contribution in [0.5, 0.6) is 5.75 Å². The van der Waals surface area contributed by atoms with Gasteiger partial charge in [-0.15, -0.1) is 10.2 Å². The van der Waals surface area contributed by atoms with Gasteiger partial charge >= 0.3 is 0 Å². The highest BCUT2D eigenvalue weighted by Gasteiger charge is 2.18. The summed E-state index contributed by atoms with van der Waals surface area (Å²) >= 11 is 1.32. The zero-order valence-corrected chi connectivity index (χ0v) is 18.5. The third-order valence-electron chi connectivity index (χ3n) is 4.63. The fourth-order valence-electron chi connectivity index (χ4n) is 3.03. The van der Waals surface area contributed by atoms with Crippen molar-refractivity contribution < 1.29 is 13.9 Å². The summed E-state index contributed by atoms with van der Waals surface area (Å²) in [6.07, 6.45) is 3.71. The molecule has 2 heterocycles. The Morgan fingerprint density at radius 2 is 1.88 bits per heavy atom. The Hall–Kier alpha value is -3.52. The van der Waals surface area contributed by atoms with E-state index in [0.29, 0.717) is 23.3 Å². The SMILES string of the molecule is CCCCOc1ccc(NC(=O)CSc2nnc(-c3ccco3)n2-c2ccccc2)cc1. The average Bonchev–Trinajstić information content (AvgIpc) is 3.49. The molecule has 7 nitrogen and oxygen atoms in total. The molecule has 0 saturated heterocycles. The van der Waals surface area contributed by atoms with Crippen molar-refractivity contribution in [3.05, 3.63) is 73.0 Å². The number of nitrogens with zero attached hydrogens (tertiary/aromatic N) is 3. The van der Waals surface area contributed by atoms with Crippen LogP contribution >= 0.6 is 11.8 Å². The summed E-state index contributed by atoms with van der Waals surface area (Å²) in [7, 11) is 0. The van der Waals surface area contributed by atoms with Gasteiger partial charge in [-0.3, -0.25) is 9.36 Å². The quantitative estimate of drug-likeness (QED) is 0.257. The third-order valence-corrected chi connectivity index (χ3v) is 5.56. The zero-order chi connectivity index (χ0) is 22.2. The van der Waals surface area contributed by atoms with Crippen molar-refractivity contribution in [1.82, 2.24) is 14.8 Å². The lowest BCUT2D eigenvalue weighted by Crippen LogP contribution is -2.14. The number of nitrogens with one attached hydrogen (secondary N) is 1. The second kappa shape index (κ2) is 10.7. The maximum absolute atomic E-state index is 12.5. The normalized spacial score (nSPS) is 10.8. The molecule has 32 heavy (non-hydrogen) atoms. The number of para-hydroxylation sites is 1. The second-order valence-corrected chi connectivity index (χ2v) is 7.96. The van der Waals surface area contributed by atoms with E-state index in [1.54, 1.807) is 12.3 Å². The van der Waals surface area contributed by atoms with Crippen LogP contribution in [-0.4, -0.2) is 33.0 Å². The minimum Gasteiger partial charge on any atom is -0.494 e. The molecule has 2 aromatic heterocycles. The van der Waals surface area contributed by atoms with Crippen LogP contribution in [0.15, 0.2) is 82.6 Å². The van der Waals surface area contributed by atoms with E-state index in [1.165, 1.54) is 11.8 Å². The number of hydrogen-bond acceptors (Lipinski definition) is 6. The molecule has 2 aromatic carbocycles. The molecule has 4 rings (SSSR count). The molecule has 8 heteroatoms. The molecule has 0 aliphatic heterocycles. The van der Waals surface area contributed by atoms with E-state index >= 15 is 0 Å². The summed E-state index contributed by atoms with van der Waals surface area (Å²) in [5.41, 5.74) is 1.62. The summed E-state index contributed by atoms with van der Waals surface area (Å²) < 4.78 is 13.1. The molecule has 1 N–H and O–H groups in total. The Kier molecular flexibility index (Phi) is 7.24. The number of aromatic nitrogens is 3. The average molecular weight is 449 g/mol. The summed E-state index contributed by atoms with van der Waals surface area (Å²) in [4.78, 5) is 12.5. The summed E-state index contributed by atoms with van der Waals surface area (Å²) in [6.45, 7) is 2.82. The zero-order valence-electron chi connectivity index (χ0n) is 17.7. The van der Waals surface area contributed by atoms with Crippen LogP contribution in [0.25, 0.3) is 17.3 Å². The first-order valence-corrected chi connectivity index (χ1v) is 11.4. The molecule has 0 bridgehead atoms. The van der Waals surface area contributed by atoms with E-state index in [1.807, 2.05) is 65.2 Å². The minimum atomic E-state index is -0.128. The number of hydrogen-bond donors (Lipinski definition) is 1. The molecule has 0 fully saturated rings. The number of carbonyl (C=O) groups is 1. The van der Waals surface area contributed by atoms with Gasteiger partial charge in [-0.2, -0.15) is 0 Å². The number of carbonyl (C=O) groups excluding carboxylic acids is 1. The largest absolute Gasteiger partial charge is 0.494 e. The van der Waals surface area contributed by atoms with Crippen molar-refractivity contribution in [3.63, 3.8) is 0 Å². The van der Waals surface area contributed by atoms with Crippen molar-refractivity contribution in [2.75, 3.05) is 17.7 Å². The monoisotopic (exact) mass is 448 g/mol. The predicted molar refractivity (Wildman–Crippen MR) is 125 cm³/mol. The number of furan rings is 1. The lowest BCUT2D eigenvalue weighted by molar-refractivity contribution is -0.113. The summed E-state index contributed by atoms with van der Waals surface area (Å²) in [5, 5.41) is 12.1. The number of ether oxygens (including phenoxy) is 1. The predicted octanol–water partition coefficient (Wildman–Crippen LogP) is 5.44. The number of anilines is 1. The molecular weight excluding hydrogens is 424 g/mol. The molecular formula is C24H24N4O3S. The van der Waals surface area contributed by atoms with Gasteiger partial charge in [-0.05, 0) is 55.0 Å². The van der Waals surface area contributed by atoms with Gasteiger partial charge in [0.15, 0.2) is 10.9 Å². The molecule has 0 aliphatic carbocycles. The van der Waals surface area contributed by atoms with E-state index in [-0.39, 0.29) is 11.7 Å². The Morgan fingerprint density at radius 1 is 1.06 bits per heavy atom. The van der Waals surface area contributed by atoms with Crippen LogP contribution in [0.4, 0.5) is 5.69 Å². The third kappa shape index (κ3) is 5.39. The van der Waals surface area contributed by atoms with Crippen LogP contribution in [0.2, 0.25) is 0 Å². The van der Waals surface area contributed by atoms with Gasteiger partial charge in [0, 0.05) is 11.4 Å². The first-order chi connectivity index (χ1) is 15.7. The molecule has 4 aromatic rings. The Labute approximate surface area is 190 Å². The Balaban J connectivity index is 1.42.